The third kappa shape index (κ3) is 10.2. The van der Waals surface area contributed by atoms with E-state index in [1.807, 2.05) is 11.8 Å². The van der Waals surface area contributed by atoms with E-state index >= 15 is 0 Å². The average Bonchev–Trinajstić information content (AvgIpc) is 3.39. The molecule has 14 nitrogen and oxygen atoms in total. The Bertz CT molecular complexity index is 1050. The summed E-state index contributed by atoms with van der Waals surface area (Å²) in [5.41, 5.74) is -2.93. The summed E-state index contributed by atoms with van der Waals surface area (Å²) in [7, 11) is 0. The molecule has 0 bridgehead atoms. The maximum atomic E-state index is 13.0. The second-order valence-electron chi connectivity index (χ2n) is 12.5. The largest absolute Gasteiger partial charge is 0.483 e. The summed E-state index contributed by atoms with van der Waals surface area (Å²) in [5, 5.41) is 65.7. The fraction of sp³-hybridized carbons (Fsp3) is 0.800. The van der Waals surface area contributed by atoms with E-state index in [0.717, 1.165) is 0 Å². The van der Waals surface area contributed by atoms with E-state index in [9.17, 15) is 35.1 Å². The number of rotatable bonds is 6. The fourth-order valence-corrected chi connectivity index (χ4v) is 5.93. The summed E-state index contributed by atoms with van der Waals surface area (Å²) in [4.78, 5) is 39.6. The number of nitrogens with zero attached hydrogens (tertiary/aromatic N) is 2. The van der Waals surface area contributed by atoms with Gasteiger partial charge in [-0.1, -0.05) is 20.8 Å². The first-order chi connectivity index (χ1) is 20.4. The number of oxazole rings is 1. The van der Waals surface area contributed by atoms with Gasteiger partial charge in [-0.05, 0) is 59.8 Å². The molecule has 14 heteroatoms. The van der Waals surface area contributed by atoms with Crippen molar-refractivity contribution in [3.05, 3.63) is 17.8 Å². The molecule has 1 amide bonds. The molecule has 2 heterocycles. The summed E-state index contributed by atoms with van der Waals surface area (Å²) >= 11 is 0. The van der Waals surface area contributed by atoms with E-state index < -0.39 is 59.5 Å². The standard InChI is InChI=1S/C29H51N3O9.CH2O2/c1-9-21-29(8,39)25(35)20(6)32(12-10-11-30-26(36)23-19(5)31-15-40-23)14-16(2)13-28(7,38)24(34)17(3)22(33)18(4)27(37)41-21;2-1-3/h15-18,20-22,24-25,33-35,38-39H,9-14H2,1-8H3,(H,30,36);1H,(H,2,3)/t16-,17+,18-,20-,21-,22+,24-,25-,28-,29-;/m1./s1. The van der Waals surface area contributed by atoms with E-state index in [0.29, 0.717) is 31.7 Å². The molecule has 1 fully saturated rings. The van der Waals surface area contributed by atoms with Crippen molar-refractivity contribution in [2.24, 2.45) is 17.8 Å². The van der Waals surface area contributed by atoms with Gasteiger partial charge in [-0.3, -0.25) is 19.3 Å². The molecule has 1 aromatic heterocycles. The molecular weight excluding hydrogens is 578 g/mol. The summed E-state index contributed by atoms with van der Waals surface area (Å²) in [6.07, 6.45) is -2.98. The van der Waals surface area contributed by atoms with E-state index in [1.165, 1.54) is 27.2 Å². The second kappa shape index (κ2) is 17.2. The van der Waals surface area contributed by atoms with Gasteiger partial charge in [0.05, 0.1) is 29.4 Å². The number of hydrogen-bond donors (Lipinski definition) is 7. The van der Waals surface area contributed by atoms with Crippen molar-refractivity contribution in [2.45, 2.75) is 116 Å². The van der Waals surface area contributed by atoms with E-state index in [1.54, 1.807) is 27.7 Å². The summed E-state index contributed by atoms with van der Waals surface area (Å²) < 4.78 is 10.8. The maximum absolute atomic E-state index is 13.0. The minimum Gasteiger partial charge on any atom is -0.483 e. The van der Waals surface area contributed by atoms with Crippen molar-refractivity contribution < 1.29 is 54.2 Å². The van der Waals surface area contributed by atoms with E-state index in [4.69, 9.17) is 19.1 Å². The van der Waals surface area contributed by atoms with Gasteiger partial charge in [0.15, 0.2) is 6.39 Å². The van der Waals surface area contributed by atoms with Crippen LogP contribution >= 0.6 is 0 Å². The Morgan fingerprint density at radius 3 is 2.27 bits per heavy atom. The molecule has 254 valence electrons. The zero-order chi connectivity index (χ0) is 34.0. The highest BCUT2D eigenvalue weighted by molar-refractivity contribution is 5.92. The van der Waals surface area contributed by atoms with Crippen LogP contribution < -0.4 is 5.32 Å². The fourth-order valence-electron chi connectivity index (χ4n) is 5.93. The first-order valence-corrected chi connectivity index (χ1v) is 15.1. The van der Waals surface area contributed by atoms with Crippen LogP contribution in [0.5, 0.6) is 0 Å². The number of nitrogens with one attached hydrogen (secondary N) is 1. The van der Waals surface area contributed by atoms with Gasteiger partial charge in [0, 0.05) is 31.6 Å². The number of aliphatic hydroxyl groups excluding tert-OH is 3. The van der Waals surface area contributed by atoms with Gasteiger partial charge in [-0.15, -0.1) is 0 Å². The number of cyclic esters (lactones) is 1. The molecule has 1 aliphatic rings. The second-order valence-corrected chi connectivity index (χ2v) is 12.5. The number of aliphatic hydroxyl groups is 5. The lowest BCUT2D eigenvalue weighted by Crippen LogP contribution is -2.59. The highest BCUT2D eigenvalue weighted by Crippen LogP contribution is 2.32. The molecule has 1 aliphatic heterocycles. The van der Waals surface area contributed by atoms with Gasteiger partial charge in [-0.2, -0.15) is 0 Å². The molecule has 0 radical (unpaired) electrons. The molecule has 7 N–H and O–H groups in total. The first-order valence-electron chi connectivity index (χ1n) is 15.1. The van der Waals surface area contributed by atoms with E-state index in [-0.39, 0.29) is 36.9 Å². The number of esters is 1. The molecule has 1 aromatic rings. The Kier molecular flexibility index (Phi) is 15.4. The van der Waals surface area contributed by atoms with Crippen molar-refractivity contribution in [2.75, 3.05) is 19.6 Å². The number of carboxylic acid groups (broad SMARTS) is 1. The minimum absolute atomic E-state index is 0.141. The third-order valence-electron chi connectivity index (χ3n) is 8.64. The molecule has 0 spiro atoms. The van der Waals surface area contributed by atoms with Gasteiger partial charge in [0.1, 0.15) is 17.8 Å². The number of ether oxygens (including phenoxy) is 1. The first kappa shape index (κ1) is 39.4. The lowest BCUT2D eigenvalue weighted by Gasteiger charge is -2.43. The zero-order valence-electron chi connectivity index (χ0n) is 27.1. The number of amides is 1. The Morgan fingerprint density at radius 1 is 1.16 bits per heavy atom. The highest BCUT2D eigenvalue weighted by Gasteiger charge is 2.47. The van der Waals surface area contributed by atoms with Crippen LogP contribution in [-0.2, 0) is 14.3 Å². The Hall–Kier alpha value is -2.62. The van der Waals surface area contributed by atoms with Crippen molar-refractivity contribution >= 4 is 18.3 Å². The molecule has 2 rings (SSSR count). The number of aryl methyl sites for hydroxylation is 1. The lowest BCUT2D eigenvalue weighted by atomic mass is 9.78. The molecule has 0 unspecified atom stereocenters. The summed E-state index contributed by atoms with van der Waals surface area (Å²) in [6.45, 7) is 13.9. The molecule has 1 saturated heterocycles. The number of hydrogen-bond acceptors (Lipinski definition) is 12. The minimum atomic E-state index is -1.83. The predicted octanol–water partition coefficient (Wildman–Crippen LogP) is 0.713. The van der Waals surface area contributed by atoms with E-state index in [2.05, 4.69) is 10.3 Å². The van der Waals surface area contributed by atoms with Crippen LogP contribution in [0.25, 0.3) is 0 Å². The molecule has 0 saturated carbocycles. The van der Waals surface area contributed by atoms with Crippen LogP contribution in [0.4, 0.5) is 0 Å². The van der Waals surface area contributed by atoms with Crippen molar-refractivity contribution in [1.82, 2.24) is 15.2 Å². The molecule has 10 atom stereocenters. The smallest absolute Gasteiger partial charge is 0.311 e. The van der Waals surface area contributed by atoms with Gasteiger partial charge < -0.3 is 45.1 Å². The number of carbonyl (C=O) groups is 3. The SMILES string of the molecule is CC[C@H]1OC(=O)[C@H](C)[C@@H](O)[C@H](C)[C@@H](O)[C@](C)(O)C[C@@H](C)CN(CCCNC(=O)c2ocnc2C)[C@H](C)[C@@H](O)[C@]1(C)O.O=CO. The lowest BCUT2D eigenvalue weighted by molar-refractivity contribution is -0.193. The summed E-state index contributed by atoms with van der Waals surface area (Å²) in [6, 6.07) is -0.616. The van der Waals surface area contributed by atoms with Crippen LogP contribution in [-0.4, -0.2) is 120 Å². The topological polar surface area (TPSA) is 223 Å². The predicted molar refractivity (Wildman–Crippen MR) is 159 cm³/mol. The maximum Gasteiger partial charge on any atom is 0.311 e. The summed E-state index contributed by atoms with van der Waals surface area (Å²) in [5.74, 6) is -3.11. The van der Waals surface area contributed by atoms with Gasteiger partial charge in [0.2, 0.25) is 5.76 Å². The van der Waals surface area contributed by atoms with Crippen molar-refractivity contribution in [1.29, 1.82) is 0 Å². The van der Waals surface area contributed by atoms with Crippen LogP contribution in [0.1, 0.15) is 84.0 Å². The Morgan fingerprint density at radius 2 is 1.75 bits per heavy atom. The Balaban J connectivity index is 0.00000309. The van der Waals surface area contributed by atoms with Crippen LogP contribution in [0.2, 0.25) is 0 Å². The highest BCUT2D eigenvalue weighted by atomic mass is 16.6. The van der Waals surface area contributed by atoms with Gasteiger partial charge >= 0.3 is 5.97 Å². The zero-order valence-corrected chi connectivity index (χ0v) is 27.1. The Labute approximate surface area is 259 Å². The monoisotopic (exact) mass is 631 g/mol. The molecule has 0 aliphatic carbocycles. The quantitative estimate of drug-likeness (QED) is 0.131. The normalized spacial score (nSPS) is 36.2. The number of carbonyl (C=O) groups excluding carboxylic acids is 2. The molecule has 0 aromatic carbocycles. The van der Waals surface area contributed by atoms with Gasteiger partial charge in [-0.25, -0.2) is 4.98 Å². The van der Waals surface area contributed by atoms with Gasteiger partial charge in [0.25, 0.3) is 12.4 Å². The average molecular weight is 632 g/mol. The van der Waals surface area contributed by atoms with Crippen LogP contribution in [0.3, 0.4) is 0 Å². The number of aromatic nitrogens is 1. The van der Waals surface area contributed by atoms with Crippen molar-refractivity contribution in [3.63, 3.8) is 0 Å². The van der Waals surface area contributed by atoms with Crippen molar-refractivity contribution in [3.8, 4) is 0 Å². The third-order valence-corrected chi connectivity index (χ3v) is 8.64. The van der Waals surface area contributed by atoms with Crippen LogP contribution in [0.15, 0.2) is 10.8 Å². The molecular formula is C30H53N3O11. The molecule has 44 heavy (non-hydrogen) atoms. The van der Waals surface area contributed by atoms with Crippen LogP contribution in [0, 0.1) is 24.7 Å².